The molecule has 0 atom stereocenters. The molecule has 5 aromatic rings. The third kappa shape index (κ3) is 3.65. The van der Waals surface area contributed by atoms with Gasteiger partial charge in [0.1, 0.15) is 34.8 Å². The van der Waals surface area contributed by atoms with Crippen LogP contribution in [0.1, 0.15) is 5.56 Å². The number of aromatic hydroxyl groups is 1. The number of aliphatic hydroxyl groups excluding tert-OH is 1. The normalized spacial score (nSPS) is 11.2. The van der Waals surface area contributed by atoms with Gasteiger partial charge in [0.25, 0.3) is 5.56 Å². The SMILES string of the molecule is Cc1cc(Oc2cccnc2)c(O)cc1-n1nc2c(c1N)c(=O)[nH]c1cc(OCCO)ccc12. The molecule has 0 fully saturated rings. The summed E-state index contributed by atoms with van der Waals surface area (Å²) in [6.45, 7) is 1.85. The van der Waals surface area contributed by atoms with E-state index in [-0.39, 0.29) is 35.9 Å². The molecule has 5 rings (SSSR count). The number of pyridine rings is 2. The summed E-state index contributed by atoms with van der Waals surface area (Å²) in [6, 6.07) is 11.8. The molecule has 3 heterocycles. The van der Waals surface area contributed by atoms with Crippen LogP contribution in [0.2, 0.25) is 0 Å². The molecule has 0 saturated heterocycles. The standard InChI is InChI=1S/C24H21N5O5/c1-13-9-20(34-15-3-2-6-26-12-15)19(31)11-18(13)29-23(25)21-22(28-29)16-5-4-14(33-8-7-30)10-17(16)27-24(21)32/h2-6,9-12,30-31H,7-8,25H2,1H3,(H,27,32). The van der Waals surface area contributed by atoms with Crippen LogP contribution < -0.4 is 20.8 Å². The minimum atomic E-state index is -0.399. The largest absolute Gasteiger partial charge is 0.504 e. The van der Waals surface area contributed by atoms with Crippen molar-refractivity contribution in [1.82, 2.24) is 19.7 Å². The van der Waals surface area contributed by atoms with Crippen LogP contribution in [0.3, 0.4) is 0 Å². The lowest BCUT2D eigenvalue weighted by Crippen LogP contribution is -2.09. The Morgan fingerprint density at radius 3 is 2.79 bits per heavy atom. The van der Waals surface area contributed by atoms with Gasteiger partial charge in [-0.25, -0.2) is 4.68 Å². The number of aromatic amines is 1. The lowest BCUT2D eigenvalue weighted by molar-refractivity contribution is 0.201. The summed E-state index contributed by atoms with van der Waals surface area (Å²) in [5, 5.41) is 25.1. The predicted molar refractivity (Wildman–Crippen MR) is 127 cm³/mol. The molecule has 0 bridgehead atoms. The number of aromatic nitrogens is 4. The van der Waals surface area contributed by atoms with E-state index >= 15 is 0 Å². The summed E-state index contributed by atoms with van der Waals surface area (Å²) >= 11 is 0. The topological polar surface area (TPSA) is 149 Å². The number of H-pyrrole nitrogens is 1. The van der Waals surface area contributed by atoms with Crippen molar-refractivity contribution in [3.63, 3.8) is 0 Å². The van der Waals surface area contributed by atoms with Crippen molar-refractivity contribution in [3.05, 3.63) is 70.8 Å². The van der Waals surface area contributed by atoms with Crippen molar-refractivity contribution < 1.29 is 19.7 Å². The zero-order valence-corrected chi connectivity index (χ0v) is 18.1. The van der Waals surface area contributed by atoms with E-state index in [1.54, 1.807) is 48.8 Å². The van der Waals surface area contributed by atoms with Crippen LogP contribution in [0.4, 0.5) is 5.82 Å². The molecule has 0 aliphatic heterocycles. The minimum absolute atomic E-state index is 0.118. The Balaban J connectivity index is 1.62. The number of ether oxygens (including phenoxy) is 2. The molecular formula is C24H21N5O5. The van der Waals surface area contributed by atoms with Crippen molar-refractivity contribution in [2.75, 3.05) is 18.9 Å². The first-order valence-corrected chi connectivity index (χ1v) is 10.5. The van der Waals surface area contributed by atoms with Crippen LogP contribution in [-0.2, 0) is 0 Å². The number of fused-ring (bicyclic) bond motifs is 3. The van der Waals surface area contributed by atoms with Gasteiger partial charge in [-0.15, -0.1) is 0 Å². The van der Waals surface area contributed by atoms with Gasteiger partial charge in [-0.2, -0.15) is 5.10 Å². The van der Waals surface area contributed by atoms with Crippen molar-refractivity contribution in [2.24, 2.45) is 0 Å². The fraction of sp³-hybridized carbons (Fsp3) is 0.125. The molecule has 3 aromatic heterocycles. The maximum atomic E-state index is 12.8. The van der Waals surface area contributed by atoms with Crippen LogP contribution >= 0.6 is 0 Å². The summed E-state index contributed by atoms with van der Waals surface area (Å²) < 4.78 is 12.6. The van der Waals surface area contributed by atoms with E-state index in [0.29, 0.717) is 33.6 Å². The molecular weight excluding hydrogens is 438 g/mol. The third-order valence-electron chi connectivity index (χ3n) is 5.37. The van der Waals surface area contributed by atoms with E-state index in [0.717, 1.165) is 5.56 Å². The van der Waals surface area contributed by atoms with Gasteiger partial charge >= 0.3 is 0 Å². The first-order valence-electron chi connectivity index (χ1n) is 10.5. The number of nitrogens with zero attached hydrogens (tertiary/aromatic N) is 3. The summed E-state index contributed by atoms with van der Waals surface area (Å²) in [7, 11) is 0. The number of aliphatic hydroxyl groups is 1. The highest BCUT2D eigenvalue weighted by atomic mass is 16.5. The Hall–Kier alpha value is -4.57. The second-order valence-electron chi connectivity index (χ2n) is 7.65. The monoisotopic (exact) mass is 459 g/mol. The average molecular weight is 459 g/mol. The lowest BCUT2D eigenvalue weighted by atomic mass is 10.1. The maximum absolute atomic E-state index is 12.8. The second kappa shape index (κ2) is 8.41. The van der Waals surface area contributed by atoms with Crippen molar-refractivity contribution in [1.29, 1.82) is 0 Å². The number of nitrogens with one attached hydrogen (secondary N) is 1. The van der Waals surface area contributed by atoms with E-state index < -0.39 is 5.56 Å². The Morgan fingerprint density at radius 2 is 2.03 bits per heavy atom. The number of nitrogen functional groups attached to an aromatic ring is 1. The highest BCUT2D eigenvalue weighted by molar-refractivity contribution is 6.07. The molecule has 10 heteroatoms. The molecule has 0 saturated carbocycles. The molecule has 0 spiro atoms. The fourth-order valence-electron chi connectivity index (χ4n) is 3.80. The molecule has 10 nitrogen and oxygen atoms in total. The van der Waals surface area contributed by atoms with Gasteiger partial charge in [-0.1, -0.05) is 0 Å². The molecule has 34 heavy (non-hydrogen) atoms. The van der Waals surface area contributed by atoms with Gasteiger partial charge in [0.15, 0.2) is 11.5 Å². The summed E-state index contributed by atoms with van der Waals surface area (Å²) in [4.78, 5) is 19.7. The predicted octanol–water partition coefficient (Wildman–Crippen LogP) is 3.02. The van der Waals surface area contributed by atoms with Crippen molar-refractivity contribution >= 4 is 27.6 Å². The van der Waals surface area contributed by atoms with Crippen LogP contribution in [-0.4, -0.2) is 43.2 Å². The van der Waals surface area contributed by atoms with Crippen molar-refractivity contribution in [2.45, 2.75) is 6.92 Å². The second-order valence-corrected chi connectivity index (χ2v) is 7.65. The number of rotatable bonds is 6. The Bertz CT molecular complexity index is 1580. The molecule has 0 amide bonds. The number of benzene rings is 2. The van der Waals surface area contributed by atoms with E-state index in [1.165, 1.54) is 10.7 Å². The highest BCUT2D eigenvalue weighted by Crippen LogP contribution is 2.36. The number of anilines is 1. The Kier molecular flexibility index (Phi) is 5.27. The van der Waals surface area contributed by atoms with Crippen LogP contribution in [0.15, 0.2) is 59.7 Å². The van der Waals surface area contributed by atoms with Gasteiger partial charge in [0, 0.05) is 23.7 Å². The first-order chi connectivity index (χ1) is 16.5. The number of hydrogen-bond donors (Lipinski definition) is 4. The van der Waals surface area contributed by atoms with E-state index in [2.05, 4.69) is 15.1 Å². The minimum Gasteiger partial charge on any atom is -0.504 e. The summed E-state index contributed by atoms with van der Waals surface area (Å²) in [5.74, 6) is 1.27. The molecule has 172 valence electrons. The number of phenolic OH excluding ortho intramolecular Hbond substituents is 1. The summed E-state index contributed by atoms with van der Waals surface area (Å²) in [5.41, 5.74) is 8.11. The third-order valence-corrected chi connectivity index (χ3v) is 5.37. The molecule has 2 aromatic carbocycles. The smallest absolute Gasteiger partial charge is 0.261 e. The highest BCUT2D eigenvalue weighted by Gasteiger charge is 2.19. The molecule has 0 unspecified atom stereocenters. The summed E-state index contributed by atoms with van der Waals surface area (Å²) in [6.07, 6.45) is 3.17. The van der Waals surface area contributed by atoms with E-state index in [1.807, 2.05) is 6.92 Å². The van der Waals surface area contributed by atoms with E-state index in [4.69, 9.17) is 20.3 Å². The zero-order chi connectivity index (χ0) is 23.8. The van der Waals surface area contributed by atoms with Gasteiger partial charge in [0.2, 0.25) is 0 Å². The van der Waals surface area contributed by atoms with Crippen molar-refractivity contribution in [3.8, 4) is 28.7 Å². The van der Waals surface area contributed by atoms with Gasteiger partial charge in [-0.3, -0.25) is 9.78 Å². The van der Waals surface area contributed by atoms with Gasteiger partial charge in [-0.05, 0) is 42.8 Å². The number of aryl methyl sites for hydroxylation is 1. The van der Waals surface area contributed by atoms with Gasteiger partial charge < -0.3 is 30.4 Å². The van der Waals surface area contributed by atoms with Crippen LogP contribution in [0.5, 0.6) is 23.0 Å². The fourth-order valence-corrected chi connectivity index (χ4v) is 3.80. The first kappa shape index (κ1) is 21.3. The molecule has 0 aliphatic carbocycles. The van der Waals surface area contributed by atoms with Crippen LogP contribution in [0, 0.1) is 6.92 Å². The maximum Gasteiger partial charge on any atom is 0.261 e. The Morgan fingerprint density at radius 1 is 1.18 bits per heavy atom. The number of hydrogen-bond acceptors (Lipinski definition) is 8. The van der Waals surface area contributed by atoms with Crippen LogP contribution in [0.25, 0.3) is 27.5 Å². The average Bonchev–Trinajstić information content (AvgIpc) is 3.18. The van der Waals surface area contributed by atoms with E-state index in [9.17, 15) is 9.90 Å². The zero-order valence-electron chi connectivity index (χ0n) is 18.1. The molecule has 0 radical (unpaired) electrons. The number of nitrogens with two attached hydrogens (primary N) is 1. The number of phenols is 1. The molecule has 0 aliphatic rings. The molecule has 5 N–H and O–H groups in total. The Labute approximate surface area is 192 Å². The quantitative estimate of drug-likeness (QED) is 0.303. The lowest BCUT2D eigenvalue weighted by Gasteiger charge is -2.13. The van der Waals surface area contributed by atoms with Gasteiger partial charge in [0.05, 0.1) is 24.0 Å².